The van der Waals surface area contributed by atoms with E-state index in [9.17, 15) is 0 Å². The van der Waals surface area contributed by atoms with Crippen LogP contribution >= 0.6 is 11.3 Å². The van der Waals surface area contributed by atoms with E-state index in [-0.39, 0.29) is 0 Å². The van der Waals surface area contributed by atoms with Gasteiger partial charge in [-0.05, 0) is 29.8 Å². The van der Waals surface area contributed by atoms with Crippen molar-refractivity contribution in [1.82, 2.24) is 9.97 Å². The summed E-state index contributed by atoms with van der Waals surface area (Å²) in [5, 5.41) is 3.99. The summed E-state index contributed by atoms with van der Waals surface area (Å²) in [7, 11) is 1.88. The number of hydrogen-bond donors (Lipinski definition) is 2. The number of nitrogens with zero attached hydrogens (tertiary/aromatic N) is 2. The van der Waals surface area contributed by atoms with Crippen LogP contribution in [-0.4, -0.2) is 17.0 Å². The first kappa shape index (κ1) is 11.0. The SMILES string of the molecule is CNc1nc2ccc(-c3ccc(N)nc3)cc2s1. The molecule has 0 aliphatic carbocycles. The van der Waals surface area contributed by atoms with Crippen LogP contribution in [0, 0.1) is 0 Å². The van der Waals surface area contributed by atoms with Gasteiger partial charge in [0.1, 0.15) is 5.82 Å². The van der Waals surface area contributed by atoms with Gasteiger partial charge in [-0.25, -0.2) is 9.97 Å². The fourth-order valence-corrected chi connectivity index (χ4v) is 2.65. The van der Waals surface area contributed by atoms with E-state index in [4.69, 9.17) is 5.73 Å². The van der Waals surface area contributed by atoms with Crippen LogP contribution in [0.2, 0.25) is 0 Å². The van der Waals surface area contributed by atoms with Gasteiger partial charge in [-0.3, -0.25) is 0 Å². The molecule has 90 valence electrons. The highest BCUT2D eigenvalue weighted by Crippen LogP contribution is 2.30. The smallest absolute Gasteiger partial charge is 0.183 e. The summed E-state index contributed by atoms with van der Waals surface area (Å²) in [6.45, 7) is 0. The van der Waals surface area contributed by atoms with Crippen molar-refractivity contribution in [2.45, 2.75) is 0 Å². The summed E-state index contributed by atoms with van der Waals surface area (Å²) >= 11 is 1.64. The Kier molecular flexibility index (Phi) is 2.60. The maximum Gasteiger partial charge on any atom is 0.183 e. The summed E-state index contributed by atoms with van der Waals surface area (Å²) in [5.74, 6) is 0.537. The molecule has 1 aromatic carbocycles. The van der Waals surface area contributed by atoms with Crippen molar-refractivity contribution in [2.75, 3.05) is 18.1 Å². The molecule has 0 saturated heterocycles. The molecule has 4 nitrogen and oxygen atoms in total. The lowest BCUT2D eigenvalue weighted by Gasteiger charge is -2.01. The largest absolute Gasteiger partial charge is 0.384 e. The number of fused-ring (bicyclic) bond motifs is 1. The lowest BCUT2D eigenvalue weighted by molar-refractivity contribution is 1.34. The Morgan fingerprint density at radius 2 is 2.00 bits per heavy atom. The minimum Gasteiger partial charge on any atom is -0.384 e. The number of nitrogens with two attached hydrogens (primary N) is 1. The molecule has 3 aromatic rings. The molecule has 0 spiro atoms. The number of aromatic nitrogens is 2. The van der Waals surface area contributed by atoms with Crippen molar-refractivity contribution in [3.05, 3.63) is 36.5 Å². The zero-order valence-electron chi connectivity index (χ0n) is 9.84. The summed E-state index contributed by atoms with van der Waals surface area (Å²) < 4.78 is 1.16. The fraction of sp³-hybridized carbons (Fsp3) is 0.0769. The van der Waals surface area contributed by atoms with Gasteiger partial charge < -0.3 is 11.1 Å². The Morgan fingerprint density at radius 3 is 2.72 bits per heavy atom. The van der Waals surface area contributed by atoms with Crippen molar-refractivity contribution in [2.24, 2.45) is 0 Å². The molecule has 0 fully saturated rings. The van der Waals surface area contributed by atoms with E-state index >= 15 is 0 Å². The Hall–Kier alpha value is -2.14. The fourth-order valence-electron chi connectivity index (χ4n) is 1.79. The number of benzene rings is 1. The summed E-state index contributed by atoms with van der Waals surface area (Å²) in [6.07, 6.45) is 1.79. The average molecular weight is 256 g/mol. The molecule has 0 unspecified atom stereocenters. The number of anilines is 2. The molecular formula is C13H12N4S. The van der Waals surface area contributed by atoms with E-state index in [0.29, 0.717) is 5.82 Å². The Morgan fingerprint density at radius 1 is 1.17 bits per heavy atom. The van der Waals surface area contributed by atoms with Gasteiger partial charge >= 0.3 is 0 Å². The van der Waals surface area contributed by atoms with Crippen LogP contribution in [-0.2, 0) is 0 Å². The van der Waals surface area contributed by atoms with Gasteiger partial charge in [0.05, 0.1) is 10.2 Å². The Balaban J connectivity index is 2.09. The maximum atomic E-state index is 5.59. The molecule has 0 aliphatic rings. The van der Waals surface area contributed by atoms with Crippen LogP contribution in [0.1, 0.15) is 0 Å². The average Bonchev–Trinajstić information content (AvgIpc) is 2.81. The van der Waals surface area contributed by atoms with E-state index in [1.807, 2.05) is 25.2 Å². The summed E-state index contributed by atoms with van der Waals surface area (Å²) in [5.41, 5.74) is 8.79. The third-order valence-corrected chi connectivity index (χ3v) is 3.76. The molecular weight excluding hydrogens is 244 g/mol. The van der Waals surface area contributed by atoms with Gasteiger partial charge in [0.15, 0.2) is 5.13 Å². The molecule has 18 heavy (non-hydrogen) atoms. The van der Waals surface area contributed by atoms with E-state index in [2.05, 4.69) is 27.4 Å². The quantitative estimate of drug-likeness (QED) is 0.740. The van der Waals surface area contributed by atoms with Gasteiger partial charge in [0.2, 0.25) is 0 Å². The first-order chi connectivity index (χ1) is 8.76. The molecule has 3 N–H and O–H groups in total. The third kappa shape index (κ3) is 1.89. The topological polar surface area (TPSA) is 63.8 Å². The molecule has 2 heterocycles. The van der Waals surface area contributed by atoms with Crippen LogP contribution in [0.25, 0.3) is 21.3 Å². The molecule has 0 atom stereocenters. The highest BCUT2D eigenvalue weighted by molar-refractivity contribution is 7.22. The lowest BCUT2D eigenvalue weighted by Crippen LogP contribution is -1.88. The monoisotopic (exact) mass is 256 g/mol. The van der Waals surface area contributed by atoms with Crippen molar-refractivity contribution >= 4 is 32.5 Å². The number of nitrogens with one attached hydrogen (secondary N) is 1. The van der Waals surface area contributed by atoms with Gasteiger partial charge in [0, 0.05) is 18.8 Å². The van der Waals surface area contributed by atoms with Gasteiger partial charge in [-0.2, -0.15) is 0 Å². The highest BCUT2D eigenvalue weighted by atomic mass is 32.1. The molecule has 3 rings (SSSR count). The van der Waals surface area contributed by atoms with Crippen molar-refractivity contribution in [3.63, 3.8) is 0 Å². The molecule has 0 aliphatic heterocycles. The predicted molar refractivity (Wildman–Crippen MR) is 76.8 cm³/mol. The van der Waals surface area contributed by atoms with Crippen LogP contribution < -0.4 is 11.1 Å². The molecule has 0 bridgehead atoms. The summed E-state index contributed by atoms with van der Waals surface area (Å²) in [6, 6.07) is 9.99. The second-order valence-corrected chi connectivity index (χ2v) is 4.95. The number of hydrogen-bond acceptors (Lipinski definition) is 5. The third-order valence-electron chi connectivity index (χ3n) is 2.72. The van der Waals surface area contributed by atoms with Crippen molar-refractivity contribution in [3.8, 4) is 11.1 Å². The number of thiazole rings is 1. The zero-order valence-corrected chi connectivity index (χ0v) is 10.7. The summed E-state index contributed by atoms with van der Waals surface area (Å²) in [4.78, 5) is 8.56. The van der Waals surface area contributed by atoms with Crippen LogP contribution in [0.3, 0.4) is 0 Å². The second kappa shape index (κ2) is 4.27. The second-order valence-electron chi connectivity index (χ2n) is 3.92. The van der Waals surface area contributed by atoms with Crippen molar-refractivity contribution in [1.29, 1.82) is 0 Å². The highest BCUT2D eigenvalue weighted by Gasteiger charge is 2.05. The minimum atomic E-state index is 0.537. The number of nitrogen functional groups attached to an aromatic ring is 1. The van der Waals surface area contributed by atoms with Crippen molar-refractivity contribution < 1.29 is 0 Å². The van der Waals surface area contributed by atoms with Gasteiger partial charge in [0.25, 0.3) is 0 Å². The normalized spacial score (nSPS) is 10.7. The van der Waals surface area contributed by atoms with Gasteiger partial charge in [-0.15, -0.1) is 0 Å². The standard InChI is InChI=1S/C13H12N4S/c1-15-13-17-10-4-2-8(6-11(10)18-13)9-3-5-12(14)16-7-9/h2-7H,1H3,(H2,14,16)(H,15,17). The first-order valence-corrected chi connectivity index (χ1v) is 6.38. The van der Waals surface area contributed by atoms with Crippen LogP contribution in [0.4, 0.5) is 10.9 Å². The Bertz CT molecular complexity index is 688. The lowest BCUT2D eigenvalue weighted by atomic mass is 10.1. The zero-order chi connectivity index (χ0) is 12.5. The van der Waals surface area contributed by atoms with E-state index in [0.717, 1.165) is 26.5 Å². The predicted octanol–water partition coefficient (Wildman–Crippen LogP) is 2.98. The first-order valence-electron chi connectivity index (χ1n) is 5.56. The van der Waals surface area contributed by atoms with Crippen LogP contribution in [0.5, 0.6) is 0 Å². The van der Waals surface area contributed by atoms with E-state index < -0.39 is 0 Å². The minimum absolute atomic E-state index is 0.537. The van der Waals surface area contributed by atoms with E-state index in [1.165, 1.54) is 0 Å². The molecule has 2 aromatic heterocycles. The molecule has 0 amide bonds. The number of rotatable bonds is 2. The van der Waals surface area contributed by atoms with Crippen LogP contribution in [0.15, 0.2) is 36.5 Å². The van der Waals surface area contributed by atoms with Gasteiger partial charge in [-0.1, -0.05) is 17.4 Å². The molecule has 0 saturated carbocycles. The maximum absolute atomic E-state index is 5.59. The Labute approximate surface area is 109 Å². The molecule has 0 radical (unpaired) electrons. The van der Waals surface area contributed by atoms with E-state index in [1.54, 1.807) is 17.5 Å². The molecule has 5 heteroatoms. The number of pyridine rings is 1.